The molecule has 0 aliphatic heterocycles. The van der Waals surface area contributed by atoms with E-state index in [4.69, 9.17) is 23.2 Å². The second-order valence-corrected chi connectivity index (χ2v) is 5.27. The number of hydrogen-bond donors (Lipinski definition) is 1. The lowest BCUT2D eigenvalue weighted by Gasteiger charge is -2.09. The van der Waals surface area contributed by atoms with E-state index in [9.17, 15) is 14.9 Å². The number of nitrogens with zero attached hydrogens (tertiary/aromatic N) is 2. The minimum absolute atomic E-state index is 0.00530. The van der Waals surface area contributed by atoms with Gasteiger partial charge < -0.3 is 10.1 Å². The van der Waals surface area contributed by atoms with Crippen molar-refractivity contribution >= 4 is 40.7 Å². The number of aromatic nitrogens is 1. The summed E-state index contributed by atoms with van der Waals surface area (Å²) in [5.41, 5.74) is 0.358. The molecule has 120 valence electrons. The molecule has 1 aromatic carbocycles. The topological polar surface area (TPSA) is 94.4 Å². The van der Waals surface area contributed by atoms with Crippen molar-refractivity contribution in [2.24, 2.45) is 0 Å². The van der Waals surface area contributed by atoms with Gasteiger partial charge in [0.05, 0.1) is 17.6 Å². The molecule has 0 bridgehead atoms. The van der Waals surface area contributed by atoms with E-state index in [1.165, 1.54) is 13.3 Å². The van der Waals surface area contributed by atoms with Gasteiger partial charge >= 0.3 is 11.7 Å². The molecule has 0 saturated heterocycles. The van der Waals surface area contributed by atoms with E-state index < -0.39 is 10.9 Å². The van der Waals surface area contributed by atoms with Crippen molar-refractivity contribution in [3.05, 3.63) is 61.7 Å². The molecule has 0 spiro atoms. The van der Waals surface area contributed by atoms with Crippen molar-refractivity contribution in [3.63, 3.8) is 0 Å². The fourth-order valence-electron chi connectivity index (χ4n) is 1.80. The number of carbonyl (C=O) groups is 1. The number of anilines is 1. The van der Waals surface area contributed by atoms with Gasteiger partial charge in [0.1, 0.15) is 0 Å². The Morgan fingerprint density at radius 2 is 2.13 bits per heavy atom. The molecular formula is C14H11Cl2N3O4. The largest absolute Gasteiger partial charge is 0.465 e. The summed E-state index contributed by atoms with van der Waals surface area (Å²) in [6, 6.07) is 6.03. The van der Waals surface area contributed by atoms with Gasteiger partial charge in [-0.3, -0.25) is 10.1 Å². The second-order valence-electron chi connectivity index (χ2n) is 4.43. The number of carbonyl (C=O) groups excluding carboxylic acids is 1. The summed E-state index contributed by atoms with van der Waals surface area (Å²) >= 11 is 11.9. The maximum absolute atomic E-state index is 11.4. The Labute approximate surface area is 141 Å². The molecule has 1 heterocycles. The number of nitro groups is 1. The lowest BCUT2D eigenvalue weighted by Crippen LogP contribution is -2.08. The number of esters is 1. The zero-order valence-electron chi connectivity index (χ0n) is 11.9. The maximum Gasteiger partial charge on any atom is 0.339 e. The molecular weight excluding hydrogens is 345 g/mol. The number of pyridine rings is 1. The van der Waals surface area contributed by atoms with Crippen molar-refractivity contribution in [2.75, 3.05) is 12.4 Å². The molecule has 1 aromatic heterocycles. The SMILES string of the molecule is COC(=O)c1cnc(NCc2ccc(Cl)cc2Cl)c([N+](=O)[O-])c1. The van der Waals surface area contributed by atoms with E-state index in [0.29, 0.717) is 15.6 Å². The first-order valence-electron chi connectivity index (χ1n) is 6.33. The average Bonchev–Trinajstić information content (AvgIpc) is 2.53. The average molecular weight is 356 g/mol. The molecule has 0 atom stereocenters. The summed E-state index contributed by atoms with van der Waals surface area (Å²) < 4.78 is 4.52. The Balaban J connectivity index is 2.25. The van der Waals surface area contributed by atoms with E-state index >= 15 is 0 Å². The van der Waals surface area contributed by atoms with Gasteiger partial charge in [0.15, 0.2) is 0 Å². The molecule has 23 heavy (non-hydrogen) atoms. The lowest BCUT2D eigenvalue weighted by molar-refractivity contribution is -0.384. The van der Waals surface area contributed by atoms with Crippen LogP contribution in [-0.2, 0) is 11.3 Å². The molecule has 0 radical (unpaired) electrons. The van der Waals surface area contributed by atoms with Gasteiger partial charge in [-0.15, -0.1) is 0 Å². The van der Waals surface area contributed by atoms with Crippen molar-refractivity contribution in [2.45, 2.75) is 6.54 Å². The molecule has 0 aliphatic carbocycles. The van der Waals surface area contributed by atoms with Gasteiger partial charge in [-0.1, -0.05) is 29.3 Å². The first-order chi connectivity index (χ1) is 10.9. The Morgan fingerprint density at radius 1 is 1.39 bits per heavy atom. The Kier molecular flexibility index (Phi) is 5.36. The minimum atomic E-state index is -0.701. The van der Waals surface area contributed by atoms with Crippen LogP contribution in [0.4, 0.5) is 11.5 Å². The van der Waals surface area contributed by atoms with Crippen LogP contribution < -0.4 is 5.32 Å². The first-order valence-corrected chi connectivity index (χ1v) is 7.08. The molecule has 0 unspecified atom stereocenters. The van der Waals surface area contributed by atoms with Gasteiger partial charge in [0.25, 0.3) is 0 Å². The number of rotatable bonds is 5. The van der Waals surface area contributed by atoms with E-state index in [1.807, 2.05) is 0 Å². The van der Waals surface area contributed by atoms with Crippen LogP contribution in [0.2, 0.25) is 10.0 Å². The third-order valence-electron chi connectivity index (χ3n) is 2.95. The van der Waals surface area contributed by atoms with Crippen LogP contribution in [0, 0.1) is 10.1 Å². The Bertz CT molecular complexity index is 768. The van der Waals surface area contributed by atoms with Gasteiger partial charge in [0, 0.05) is 28.9 Å². The second kappa shape index (κ2) is 7.26. The molecule has 2 rings (SSSR count). The van der Waals surface area contributed by atoms with Crippen LogP contribution in [0.1, 0.15) is 15.9 Å². The standard InChI is InChI=1S/C14H11Cl2N3O4/c1-23-14(20)9-4-12(19(21)22)13(18-7-9)17-6-8-2-3-10(15)5-11(8)16/h2-5,7H,6H2,1H3,(H,17,18). The summed E-state index contributed by atoms with van der Waals surface area (Å²) in [4.78, 5) is 25.8. The Morgan fingerprint density at radius 3 is 2.74 bits per heavy atom. The van der Waals surface area contributed by atoms with E-state index in [1.54, 1.807) is 18.2 Å². The maximum atomic E-state index is 11.4. The van der Waals surface area contributed by atoms with Gasteiger partial charge in [0.2, 0.25) is 5.82 Å². The molecule has 0 aliphatic rings. The third-order valence-corrected chi connectivity index (χ3v) is 3.53. The van der Waals surface area contributed by atoms with Crippen LogP contribution in [0.25, 0.3) is 0 Å². The van der Waals surface area contributed by atoms with Crippen LogP contribution in [0.15, 0.2) is 30.5 Å². The number of methoxy groups -OCH3 is 1. The molecule has 0 fully saturated rings. The van der Waals surface area contributed by atoms with Crippen molar-refractivity contribution in [1.29, 1.82) is 0 Å². The van der Waals surface area contributed by atoms with E-state index in [-0.39, 0.29) is 23.6 Å². The highest BCUT2D eigenvalue weighted by Crippen LogP contribution is 2.26. The summed E-state index contributed by atoms with van der Waals surface area (Å²) in [6.45, 7) is 0.210. The normalized spacial score (nSPS) is 10.2. The fourth-order valence-corrected chi connectivity index (χ4v) is 2.28. The molecule has 0 saturated carbocycles. The summed E-state index contributed by atoms with van der Waals surface area (Å²) in [6.07, 6.45) is 1.20. The predicted octanol–water partition coefficient (Wildman–Crippen LogP) is 3.70. The lowest BCUT2D eigenvalue weighted by atomic mass is 10.2. The van der Waals surface area contributed by atoms with Crippen LogP contribution in [-0.4, -0.2) is 23.0 Å². The summed E-state index contributed by atoms with van der Waals surface area (Å²) in [5, 5.41) is 14.9. The van der Waals surface area contributed by atoms with Crippen molar-refractivity contribution < 1.29 is 14.5 Å². The quantitative estimate of drug-likeness (QED) is 0.499. The minimum Gasteiger partial charge on any atom is -0.465 e. The van der Waals surface area contributed by atoms with Crippen LogP contribution in [0.5, 0.6) is 0 Å². The van der Waals surface area contributed by atoms with Crippen LogP contribution >= 0.6 is 23.2 Å². The summed E-state index contributed by atoms with van der Waals surface area (Å²) in [7, 11) is 1.18. The summed E-state index contributed by atoms with van der Waals surface area (Å²) in [5.74, 6) is -0.679. The molecule has 1 N–H and O–H groups in total. The monoisotopic (exact) mass is 355 g/mol. The van der Waals surface area contributed by atoms with Crippen molar-refractivity contribution in [1.82, 2.24) is 4.98 Å². The van der Waals surface area contributed by atoms with Gasteiger partial charge in [-0.2, -0.15) is 0 Å². The molecule has 0 amide bonds. The van der Waals surface area contributed by atoms with Gasteiger partial charge in [-0.25, -0.2) is 9.78 Å². The number of benzene rings is 1. The number of nitrogens with one attached hydrogen (secondary N) is 1. The number of ether oxygens (including phenoxy) is 1. The zero-order valence-corrected chi connectivity index (χ0v) is 13.4. The highest BCUT2D eigenvalue weighted by molar-refractivity contribution is 6.35. The Hall–Kier alpha value is -2.38. The highest BCUT2D eigenvalue weighted by Gasteiger charge is 2.19. The van der Waals surface area contributed by atoms with Gasteiger partial charge in [-0.05, 0) is 17.7 Å². The zero-order chi connectivity index (χ0) is 17.0. The van der Waals surface area contributed by atoms with E-state index in [2.05, 4.69) is 15.0 Å². The molecule has 7 nitrogen and oxygen atoms in total. The fraction of sp³-hybridized carbons (Fsp3) is 0.143. The highest BCUT2D eigenvalue weighted by atomic mass is 35.5. The number of halogens is 2. The first kappa shape index (κ1) is 17.0. The van der Waals surface area contributed by atoms with Crippen LogP contribution in [0.3, 0.4) is 0 Å². The number of hydrogen-bond acceptors (Lipinski definition) is 6. The van der Waals surface area contributed by atoms with E-state index in [0.717, 1.165) is 6.07 Å². The smallest absolute Gasteiger partial charge is 0.339 e. The third kappa shape index (κ3) is 4.08. The predicted molar refractivity (Wildman–Crippen MR) is 86.0 cm³/mol. The van der Waals surface area contributed by atoms with Crippen molar-refractivity contribution in [3.8, 4) is 0 Å². The molecule has 9 heteroatoms. The molecule has 2 aromatic rings.